The van der Waals surface area contributed by atoms with Crippen LogP contribution >= 0.6 is 0 Å². The average molecular weight is 235 g/mol. The van der Waals surface area contributed by atoms with Gasteiger partial charge in [-0.1, -0.05) is 44.3 Å². The summed E-state index contributed by atoms with van der Waals surface area (Å²) >= 11 is 0. The van der Waals surface area contributed by atoms with E-state index >= 15 is 0 Å². The van der Waals surface area contributed by atoms with Gasteiger partial charge in [-0.15, -0.1) is 0 Å². The number of amides is 1. The minimum Gasteiger partial charge on any atom is -0.353 e. The molecule has 0 spiro atoms. The van der Waals surface area contributed by atoms with Gasteiger partial charge in [0.2, 0.25) is 5.91 Å². The van der Waals surface area contributed by atoms with Gasteiger partial charge in [0, 0.05) is 12.0 Å². The molecule has 1 amide bonds. The average Bonchev–Trinajstić information content (AvgIpc) is 2.33. The van der Waals surface area contributed by atoms with Crippen LogP contribution in [0.4, 0.5) is 0 Å². The number of carbonyl (C=O) groups is 1. The van der Waals surface area contributed by atoms with Crippen molar-refractivity contribution < 1.29 is 4.79 Å². The Morgan fingerprint density at radius 1 is 0.941 bits per heavy atom. The Labute approximate surface area is 105 Å². The molecule has 2 heteroatoms. The lowest BCUT2D eigenvalue weighted by Crippen LogP contribution is -2.39. The van der Waals surface area contributed by atoms with Gasteiger partial charge < -0.3 is 5.32 Å². The summed E-state index contributed by atoms with van der Waals surface area (Å²) in [4.78, 5) is 12.1. The van der Waals surface area contributed by atoms with E-state index < -0.39 is 0 Å². The highest BCUT2D eigenvalue weighted by Gasteiger charge is 2.21. The van der Waals surface area contributed by atoms with Crippen LogP contribution in [0.15, 0.2) is 12.2 Å². The standard InChI is InChI=1S/C15H25NO/c17-15(13-9-5-4-6-10-13)16-14-11-7-2-1-3-8-12-14/h4-5,13-14H,1-3,6-12H2,(H,16,17)/t13-/m0/s1. The van der Waals surface area contributed by atoms with Gasteiger partial charge in [-0.25, -0.2) is 0 Å². The maximum absolute atomic E-state index is 12.1. The van der Waals surface area contributed by atoms with E-state index in [1.165, 1.54) is 44.9 Å². The largest absolute Gasteiger partial charge is 0.353 e. The molecule has 0 aliphatic heterocycles. The molecule has 17 heavy (non-hydrogen) atoms. The first kappa shape index (κ1) is 12.7. The number of rotatable bonds is 2. The van der Waals surface area contributed by atoms with Crippen molar-refractivity contribution in [3.63, 3.8) is 0 Å². The summed E-state index contributed by atoms with van der Waals surface area (Å²) < 4.78 is 0. The summed E-state index contributed by atoms with van der Waals surface area (Å²) in [6, 6.07) is 0.453. The Kier molecular flexibility index (Phi) is 5.08. The van der Waals surface area contributed by atoms with Crippen molar-refractivity contribution in [2.45, 2.75) is 70.3 Å². The fourth-order valence-corrected chi connectivity index (χ4v) is 2.95. The molecule has 2 aliphatic rings. The topological polar surface area (TPSA) is 29.1 Å². The SMILES string of the molecule is O=C(NC1CCCCCCC1)[C@H]1CC=CCC1. The number of hydrogen-bond acceptors (Lipinski definition) is 1. The van der Waals surface area contributed by atoms with E-state index in [1.54, 1.807) is 0 Å². The minimum absolute atomic E-state index is 0.241. The molecule has 0 aromatic heterocycles. The molecule has 0 heterocycles. The first-order valence-corrected chi connectivity index (χ1v) is 7.31. The van der Waals surface area contributed by atoms with E-state index in [1.807, 2.05) is 0 Å². The first-order chi connectivity index (χ1) is 8.36. The highest BCUT2D eigenvalue weighted by molar-refractivity contribution is 5.79. The second kappa shape index (κ2) is 6.83. The quantitative estimate of drug-likeness (QED) is 0.728. The van der Waals surface area contributed by atoms with Crippen LogP contribution in [0.1, 0.15) is 64.2 Å². The van der Waals surface area contributed by atoms with Gasteiger partial charge in [0.15, 0.2) is 0 Å². The zero-order chi connectivity index (χ0) is 11.9. The van der Waals surface area contributed by atoms with Crippen molar-refractivity contribution in [1.29, 1.82) is 0 Å². The van der Waals surface area contributed by atoms with Crippen LogP contribution in [0, 0.1) is 5.92 Å². The van der Waals surface area contributed by atoms with E-state index in [0.717, 1.165) is 19.3 Å². The predicted molar refractivity (Wildman–Crippen MR) is 70.7 cm³/mol. The second-order valence-electron chi connectivity index (χ2n) is 5.53. The molecule has 1 saturated carbocycles. The molecule has 0 aromatic rings. The number of allylic oxidation sites excluding steroid dienone is 2. The van der Waals surface area contributed by atoms with E-state index in [9.17, 15) is 4.79 Å². The molecule has 0 bridgehead atoms. The third kappa shape index (κ3) is 4.18. The van der Waals surface area contributed by atoms with Crippen molar-refractivity contribution in [3.8, 4) is 0 Å². The Bertz CT molecular complexity index is 264. The number of nitrogens with one attached hydrogen (secondary N) is 1. The van der Waals surface area contributed by atoms with Gasteiger partial charge in [0.25, 0.3) is 0 Å². The molecule has 96 valence electrons. The van der Waals surface area contributed by atoms with Crippen LogP contribution in [0.2, 0.25) is 0 Å². The highest BCUT2D eigenvalue weighted by Crippen LogP contribution is 2.21. The Hall–Kier alpha value is -0.790. The lowest BCUT2D eigenvalue weighted by Gasteiger charge is -2.24. The summed E-state index contributed by atoms with van der Waals surface area (Å²) in [6.07, 6.45) is 16.4. The summed E-state index contributed by atoms with van der Waals surface area (Å²) in [5, 5.41) is 3.28. The van der Waals surface area contributed by atoms with Gasteiger partial charge in [0.05, 0.1) is 0 Å². The van der Waals surface area contributed by atoms with Crippen molar-refractivity contribution in [3.05, 3.63) is 12.2 Å². The van der Waals surface area contributed by atoms with Crippen LogP contribution in [-0.2, 0) is 4.79 Å². The first-order valence-electron chi connectivity index (χ1n) is 7.31. The van der Waals surface area contributed by atoms with Gasteiger partial charge in [-0.3, -0.25) is 4.79 Å². The van der Waals surface area contributed by atoms with E-state index in [-0.39, 0.29) is 5.92 Å². The van der Waals surface area contributed by atoms with Crippen LogP contribution in [-0.4, -0.2) is 11.9 Å². The zero-order valence-corrected chi connectivity index (χ0v) is 10.8. The minimum atomic E-state index is 0.241. The van der Waals surface area contributed by atoms with Gasteiger partial charge in [-0.05, 0) is 32.1 Å². The maximum Gasteiger partial charge on any atom is 0.223 e. The monoisotopic (exact) mass is 235 g/mol. The van der Waals surface area contributed by atoms with Crippen molar-refractivity contribution in [2.24, 2.45) is 5.92 Å². The molecule has 0 saturated heterocycles. The zero-order valence-electron chi connectivity index (χ0n) is 10.8. The smallest absolute Gasteiger partial charge is 0.223 e. The third-order valence-electron chi connectivity index (χ3n) is 4.09. The molecule has 2 rings (SSSR count). The lowest BCUT2D eigenvalue weighted by atomic mass is 9.92. The molecule has 0 aromatic carbocycles. The van der Waals surface area contributed by atoms with E-state index in [2.05, 4.69) is 17.5 Å². The van der Waals surface area contributed by atoms with Crippen LogP contribution in [0.5, 0.6) is 0 Å². The molecule has 2 nitrogen and oxygen atoms in total. The van der Waals surface area contributed by atoms with Gasteiger partial charge in [-0.2, -0.15) is 0 Å². The maximum atomic E-state index is 12.1. The van der Waals surface area contributed by atoms with Crippen molar-refractivity contribution in [1.82, 2.24) is 5.32 Å². The normalized spacial score (nSPS) is 27.2. The Morgan fingerprint density at radius 2 is 1.65 bits per heavy atom. The Morgan fingerprint density at radius 3 is 2.29 bits per heavy atom. The van der Waals surface area contributed by atoms with Crippen LogP contribution in [0.3, 0.4) is 0 Å². The molecule has 2 aliphatic carbocycles. The fraction of sp³-hybridized carbons (Fsp3) is 0.800. The Balaban J connectivity index is 1.77. The van der Waals surface area contributed by atoms with Crippen LogP contribution < -0.4 is 5.32 Å². The lowest BCUT2D eigenvalue weighted by molar-refractivity contribution is -0.126. The highest BCUT2D eigenvalue weighted by atomic mass is 16.1. The summed E-state index contributed by atoms with van der Waals surface area (Å²) in [7, 11) is 0. The summed E-state index contributed by atoms with van der Waals surface area (Å²) in [6.45, 7) is 0. The van der Waals surface area contributed by atoms with Gasteiger partial charge in [0.1, 0.15) is 0 Å². The van der Waals surface area contributed by atoms with E-state index in [0.29, 0.717) is 11.9 Å². The summed E-state index contributed by atoms with van der Waals surface area (Å²) in [5.74, 6) is 0.547. The van der Waals surface area contributed by atoms with Crippen molar-refractivity contribution in [2.75, 3.05) is 0 Å². The van der Waals surface area contributed by atoms with Crippen molar-refractivity contribution >= 4 is 5.91 Å². The molecular weight excluding hydrogens is 210 g/mol. The number of hydrogen-bond donors (Lipinski definition) is 1. The fourth-order valence-electron chi connectivity index (χ4n) is 2.95. The molecule has 0 unspecified atom stereocenters. The molecular formula is C15H25NO. The second-order valence-corrected chi connectivity index (χ2v) is 5.53. The molecule has 1 fully saturated rings. The summed E-state index contributed by atoms with van der Waals surface area (Å²) in [5.41, 5.74) is 0. The van der Waals surface area contributed by atoms with E-state index in [4.69, 9.17) is 0 Å². The van der Waals surface area contributed by atoms with Crippen LogP contribution in [0.25, 0.3) is 0 Å². The molecule has 1 N–H and O–H groups in total. The number of carbonyl (C=O) groups excluding carboxylic acids is 1. The van der Waals surface area contributed by atoms with Gasteiger partial charge >= 0.3 is 0 Å². The predicted octanol–water partition coefficient (Wildman–Crippen LogP) is 3.57. The molecule has 0 radical (unpaired) electrons. The molecule has 1 atom stereocenters. The third-order valence-corrected chi connectivity index (χ3v) is 4.09.